The Kier molecular flexibility index (Phi) is 4.58. The minimum absolute atomic E-state index is 0.308. The maximum atomic E-state index is 10.7. The summed E-state index contributed by atoms with van der Waals surface area (Å²) in [5.74, 6) is 0.621. The van der Waals surface area contributed by atoms with Crippen LogP contribution in [0.3, 0.4) is 0 Å². The summed E-state index contributed by atoms with van der Waals surface area (Å²) in [5, 5.41) is 10.0. The highest BCUT2D eigenvalue weighted by atomic mass is 79.9. The van der Waals surface area contributed by atoms with E-state index in [2.05, 4.69) is 15.9 Å². The molecule has 0 amide bonds. The van der Waals surface area contributed by atoms with Gasteiger partial charge >= 0.3 is 5.88 Å². The predicted octanol–water partition coefficient (Wildman–Crippen LogP) is 4.90. The first-order chi connectivity index (χ1) is 9.86. The van der Waals surface area contributed by atoms with E-state index >= 15 is 0 Å². The number of hydrogen-bond acceptors (Lipinski definition) is 4. The smallest absolute Gasteiger partial charge is 0.433 e. The van der Waals surface area contributed by atoms with E-state index in [9.17, 15) is 10.1 Å². The van der Waals surface area contributed by atoms with Crippen LogP contribution in [0.1, 0.15) is 27.8 Å². The first-order valence-corrected chi connectivity index (χ1v) is 7.31. The van der Waals surface area contributed by atoms with Gasteiger partial charge in [-0.1, -0.05) is 15.9 Å². The Labute approximate surface area is 135 Å². The molecule has 2 aromatic rings. The molecular weight excluding hydrogens is 362 g/mol. The van der Waals surface area contributed by atoms with Crippen LogP contribution in [0.4, 0.5) is 5.88 Å². The fourth-order valence-corrected chi connectivity index (χ4v) is 3.11. The number of methoxy groups -OCH3 is 1. The minimum Gasteiger partial charge on any atom is -0.496 e. The third kappa shape index (κ3) is 2.91. The Balaban J connectivity index is 2.56. The van der Waals surface area contributed by atoms with Crippen molar-refractivity contribution in [3.05, 3.63) is 55.2 Å². The van der Waals surface area contributed by atoms with E-state index in [1.54, 1.807) is 7.11 Å². The molecule has 0 aliphatic carbocycles. The minimum atomic E-state index is -0.676. The van der Waals surface area contributed by atoms with Crippen LogP contribution in [0.5, 0.6) is 5.75 Å². The van der Waals surface area contributed by atoms with Gasteiger partial charge in [0.25, 0.3) is 0 Å². The lowest BCUT2D eigenvalue weighted by Gasteiger charge is -2.18. The number of benzene rings is 1. The van der Waals surface area contributed by atoms with Crippen molar-refractivity contribution >= 4 is 33.4 Å². The van der Waals surface area contributed by atoms with Crippen molar-refractivity contribution in [3.63, 3.8) is 0 Å². The maximum Gasteiger partial charge on any atom is 0.433 e. The summed E-state index contributed by atoms with van der Waals surface area (Å²) in [6.45, 7) is 3.80. The molecule has 0 N–H and O–H groups in total. The first kappa shape index (κ1) is 15.9. The Hall–Kier alpha value is -1.53. The summed E-state index contributed by atoms with van der Waals surface area (Å²) in [5.41, 5.74) is 2.54. The molecule has 0 fully saturated rings. The van der Waals surface area contributed by atoms with Gasteiger partial charge in [0, 0.05) is 10.0 Å². The molecule has 5 nitrogen and oxygen atoms in total. The van der Waals surface area contributed by atoms with Gasteiger partial charge in [-0.05, 0) is 37.1 Å². The highest BCUT2D eigenvalue weighted by Crippen LogP contribution is 2.42. The maximum absolute atomic E-state index is 10.7. The molecule has 0 bridgehead atoms. The van der Waals surface area contributed by atoms with Crippen molar-refractivity contribution in [1.29, 1.82) is 0 Å². The third-order valence-electron chi connectivity index (χ3n) is 3.21. The van der Waals surface area contributed by atoms with Crippen molar-refractivity contribution < 1.29 is 14.1 Å². The standard InChI is InChI=1S/C14H13BrClNO4/c1-7-6-9(15)8(2)12(14(7)20-3)13(16)10-4-5-11(21-10)17(18)19/h4-6,13H,1-3H3. The zero-order chi connectivity index (χ0) is 15.7. The SMILES string of the molecule is COc1c(C)cc(Br)c(C)c1C(Cl)c1ccc([N+](=O)[O-])o1. The van der Waals surface area contributed by atoms with Crippen LogP contribution >= 0.6 is 27.5 Å². The van der Waals surface area contributed by atoms with E-state index in [1.807, 2.05) is 19.9 Å². The van der Waals surface area contributed by atoms with E-state index < -0.39 is 10.3 Å². The molecule has 0 aliphatic heterocycles. The average molecular weight is 375 g/mol. The van der Waals surface area contributed by atoms with Crippen molar-refractivity contribution in [2.45, 2.75) is 19.2 Å². The van der Waals surface area contributed by atoms with Crippen LogP contribution in [0.25, 0.3) is 0 Å². The number of ether oxygens (including phenoxy) is 1. The van der Waals surface area contributed by atoms with Gasteiger partial charge in [0.15, 0.2) is 0 Å². The molecule has 1 unspecified atom stereocenters. The van der Waals surface area contributed by atoms with E-state index in [4.69, 9.17) is 20.8 Å². The Morgan fingerprint density at radius 2 is 2.10 bits per heavy atom. The number of furan rings is 1. The number of hydrogen-bond donors (Lipinski definition) is 0. The molecule has 0 aliphatic rings. The number of nitro groups is 1. The van der Waals surface area contributed by atoms with E-state index in [0.717, 1.165) is 21.2 Å². The Morgan fingerprint density at radius 1 is 1.43 bits per heavy atom. The summed E-state index contributed by atoms with van der Waals surface area (Å²) >= 11 is 9.94. The molecule has 0 radical (unpaired) electrons. The Bertz CT molecular complexity index is 699. The zero-order valence-electron chi connectivity index (χ0n) is 11.6. The summed E-state index contributed by atoms with van der Waals surface area (Å²) in [7, 11) is 1.56. The van der Waals surface area contributed by atoms with Crippen molar-refractivity contribution in [2.24, 2.45) is 0 Å². The lowest BCUT2D eigenvalue weighted by atomic mass is 9.99. The molecule has 112 valence electrons. The molecular formula is C14H13BrClNO4. The van der Waals surface area contributed by atoms with E-state index in [1.165, 1.54) is 12.1 Å². The summed E-state index contributed by atoms with van der Waals surface area (Å²) in [6.07, 6.45) is 0. The van der Waals surface area contributed by atoms with Gasteiger partial charge in [-0.2, -0.15) is 0 Å². The summed E-state index contributed by atoms with van der Waals surface area (Å²) in [4.78, 5) is 10.1. The second-order valence-corrected chi connectivity index (χ2v) is 5.83. The van der Waals surface area contributed by atoms with E-state index in [0.29, 0.717) is 11.5 Å². The third-order valence-corrected chi connectivity index (χ3v) is 4.47. The van der Waals surface area contributed by atoms with Crippen LogP contribution in [0, 0.1) is 24.0 Å². The van der Waals surface area contributed by atoms with Crippen LogP contribution < -0.4 is 4.74 Å². The first-order valence-electron chi connectivity index (χ1n) is 6.08. The van der Waals surface area contributed by atoms with Crippen LogP contribution in [-0.2, 0) is 0 Å². The zero-order valence-corrected chi connectivity index (χ0v) is 14.0. The number of rotatable bonds is 4. The predicted molar refractivity (Wildman–Crippen MR) is 83.2 cm³/mol. The van der Waals surface area contributed by atoms with Crippen LogP contribution in [0.15, 0.2) is 27.1 Å². The van der Waals surface area contributed by atoms with Crippen LogP contribution in [0.2, 0.25) is 0 Å². The average Bonchev–Trinajstić information content (AvgIpc) is 2.91. The molecule has 0 saturated heterocycles. The molecule has 0 saturated carbocycles. The van der Waals surface area contributed by atoms with Gasteiger partial charge in [-0.3, -0.25) is 10.1 Å². The lowest BCUT2D eigenvalue weighted by molar-refractivity contribution is -0.402. The van der Waals surface area contributed by atoms with Crippen molar-refractivity contribution in [2.75, 3.05) is 7.11 Å². The van der Waals surface area contributed by atoms with Gasteiger partial charge in [-0.25, -0.2) is 0 Å². The number of aryl methyl sites for hydroxylation is 1. The normalized spacial score (nSPS) is 12.2. The molecule has 21 heavy (non-hydrogen) atoms. The summed E-state index contributed by atoms with van der Waals surface area (Å²) < 4.78 is 11.5. The van der Waals surface area contributed by atoms with Gasteiger partial charge in [0.05, 0.1) is 13.2 Å². The van der Waals surface area contributed by atoms with Crippen LogP contribution in [-0.4, -0.2) is 12.0 Å². The molecule has 2 rings (SSSR count). The molecule has 1 aromatic heterocycles. The number of halogens is 2. The monoisotopic (exact) mass is 373 g/mol. The molecule has 7 heteroatoms. The second-order valence-electron chi connectivity index (χ2n) is 4.54. The van der Waals surface area contributed by atoms with Gasteiger partial charge in [-0.15, -0.1) is 11.6 Å². The fraction of sp³-hybridized carbons (Fsp3) is 0.286. The fourth-order valence-electron chi connectivity index (χ4n) is 2.17. The molecule has 1 heterocycles. The molecule has 1 aromatic carbocycles. The summed E-state index contributed by atoms with van der Waals surface area (Å²) in [6, 6.07) is 4.73. The van der Waals surface area contributed by atoms with Crippen molar-refractivity contribution in [1.82, 2.24) is 0 Å². The largest absolute Gasteiger partial charge is 0.496 e. The topological polar surface area (TPSA) is 65.5 Å². The Morgan fingerprint density at radius 3 is 2.62 bits per heavy atom. The molecule has 1 atom stereocenters. The quantitative estimate of drug-likeness (QED) is 0.433. The van der Waals surface area contributed by atoms with E-state index in [-0.39, 0.29) is 5.88 Å². The van der Waals surface area contributed by atoms with Gasteiger partial charge in [0.2, 0.25) is 0 Å². The highest BCUT2D eigenvalue weighted by molar-refractivity contribution is 9.10. The van der Waals surface area contributed by atoms with Crippen molar-refractivity contribution in [3.8, 4) is 5.75 Å². The number of nitrogens with zero attached hydrogens (tertiary/aromatic N) is 1. The van der Waals surface area contributed by atoms with Gasteiger partial charge in [0.1, 0.15) is 21.8 Å². The highest BCUT2D eigenvalue weighted by Gasteiger charge is 2.26. The number of alkyl halides is 1. The van der Waals surface area contributed by atoms with Gasteiger partial charge < -0.3 is 9.15 Å². The lowest BCUT2D eigenvalue weighted by Crippen LogP contribution is -2.02. The molecule has 0 spiro atoms. The second kappa shape index (κ2) is 6.07.